The van der Waals surface area contributed by atoms with Crippen LogP contribution < -0.4 is 15.5 Å². The molecular formula is C22H26N4O5S. The molecule has 0 spiro atoms. The number of rotatable bonds is 5. The smallest absolute Gasteiger partial charge is 0.321 e. The summed E-state index contributed by atoms with van der Waals surface area (Å²) in [5.74, 6) is -0.370. The van der Waals surface area contributed by atoms with Gasteiger partial charge in [-0.05, 0) is 56.3 Å². The van der Waals surface area contributed by atoms with Gasteiger partial charge in [0, 0.05) is 43.1 Å². The molecule has 170 valence electrons. The van der Waals surface area contributed by atoms with Crippen molar-refractivity contribution in [2.75, 3.05) is 36.4 Å². The summed E-state index contributed by atoms with van der Waals surface area (Å²) in [5, 5.41) is 5.54. The van der Waals surface area contributed by atoms with Crippen molar-refractivity contribution >= 4 is 33.3 Å². The second-order valence-electron chi connectivity index (χ2n) is 7.99. The molecule has 2 unspecified atom stereocenters. The highest BCUT2D eigenvalue weighted by molar-refractivity contribution is 7.89. The standard InChI is InChI=1S/C22H26N4O5S/c1-15-13-25(14-16(2)31-15)32(29,30)20-8-6-17(7-9-20)21(27)24-18-4-3-5-19(12-18)26-11-10-23-22(26)28/h3-9,12,15-16H,10-11,13-14H2,1-2H3,(H,23,28)(H,24,27). The van der Waals surface area contributed by atoms with Crippen LogP contribution >= 0.6 is 0 Å². The van der Waals surface area contributed by atoms with E-state index in [0.29, 0.717) is 43.1 Å². The molecule has 2 aromatic carbocycles. The molecule has 10 heteroatoms. The van der Waals surface area contributed by atoms with Crippen molar-refractivity contribution in [1.82, 2.24) is 9.62 Å². The molecule has 0 bridgehead atoms. The van der Waals surface area contributed by atoms with E-state index in [4.69, 9.17) is 4.74 Å². The predicted octanol–water partition coefficient (Wildman–Crippen LogP) is 2.27. The highest BCUT2D eigenvalue weighted by Gasteiger charge is 2.32. The molecule has 32 heavy (non-hydrogen) atoms. The van der Waals surface area contributed by atoms with Crippen molar-refractivity contribution in [1.29, 1.82) is 0 Å². The molecule has 2 aliphatic heterocycles. The molecule has 2 aromatic rings. The van der Waals surface area contributed by atoms with Crippen LogP contribution in [0.5, 0.6) is 0 Å². The minimum absolute atomic E-state index is 0.136. The molecule has 2 aliphatic rings. The first-order valence-corrected chi connectivity index (χ1v) is 11.9. The SMILES string of the molecule is CC1CN(S(=O)(=O)c2ccc(C(=O)Nc3cccc(N4CCNC4=O)c3)cc2)CC(C)O1. The first kappa shape index (κ1) is 22.3. The number of benzene rings is 2. The van der Waals surface area contributed by atoms with Crippen molar-refractivity contribution in [3.8, 4) is 0 Å². The number of urea groups is 1. The lowest BCUT2D eigenvalue weighted by Gasteiger charge is -2.34. The molecular weight excluding hydrogens is 432 g/mol. The number of anilines is 2. The number of amides is 3. The molecule has 0 radical (unpaired) electrons. The van der Waals surface area contributed by atoms with Crippen LogP contribution in [0.25, 0.3) is 0 Å². The van der Waals surface area contributed by atoms with Gasteiger partial charge in [-0.25, -0.2) is 13.2 Å². The van der Waals surface area contributed by atoms with Crippen LogP contribution in [0.1, 0.15) is 24.2 Å². The molecule has 3 amide bonds. The third-order valence-corrected chi connectivity index (χ3v) is 7.26. The second-order valence-corrected chi connectivity index (χ2v) is 9.93. The van der Waals surface area contributed by atoms with Crippen molar-refractivity contribution < 1.29 is 22.7 Å². The summed E-state index contributed by atoms with van der Waals surface area (Å²) in [5.41, 5.74) is 1.56. The Labute approximate surface area is 187 Å². The zero-order valence-electron chi connectivity index (χ0n) is 17.9. The highest BCUT2D eigenvalue weighted by Crippen LogP contribution is 2.23. The second kappa shape index (κ2) is 8.89. The topological polar surface area (TPSA) is 108 Å². The number of sulfonamides is 1. The molecule has 2 fully saturated rings. The van der Waals surface area contributed by atoms with Crippen LogP contribution in [0.4, 0.5) is 16.2 Å². The van der Waals surface area contributed by atoms with E-state index in [1.807, 2.05) is 13.8 Å². The zero-order chi connectivity index (χ0) is 22.9. The van der Waals surface area contributed by atoms with Crippen LogP contribution in [0, 0.1) is 0 Å². The van der Waals surface area contributed by atoms with Crippen molar-refractivity contribution in [2.24, 2.45) is 0 Å². The lowest BCUT2D eigenvalue weighted by molar-refractivity contribution is -0.0440. The monoisotopic (exact) mass is 458 g/mol. The summed E-state index contributed by atoms with van der Waals surface area (Å²) >= 11 is 0. The van der Waals surface area contributed by atoms with Crippen LogP contribution in [0.2, 0.25) is 0 Å². The number of hydrogen-bond donors (Lipinski definition) is 2. The maximum absolute atomic E-state index is 13.0. The van der Waals surface area contributed by atoms with Gasteiger partial charge in [0.05, 0.1) is 17.1 Å². The third kappa shape index (κ3) is 4.62. The third-order valence-electron chi connectivity index (χ3n) is 5.41. The summed E-state index contributed by atoms with van der Waals surface area (Å²) in [6, 6.07) is 12.7. The molecule has 4 rings (SSSR count). The molecule has 2 heterocycles. The Morgan fingerprint density at radius 3 is 2.41 bits per heavy atom. The van der Waals surface area contributed by atoms with Gasteiger partial charge in [0.2, 0.25) is 10.0 Å². The summed E-state index contributed by atoms with van der Waals surface area (Å²) < 4.78 is 33.0. The molecule has 2 saturated heterocycles. The molecule has 2 N–H and O–H groups in total. The number of hydrogen-bond acceptors (Lipinski definition) is 5. The summed E-state index contributed by atoms with van der Waals surface area (Å²) in [6.45, 7) is 5.41. The molecule has 0 aliphatic carbocycles. The largest absolute Gasteiger partial charge is 0.373 e. The maximum Gasteiger partial charge on any atom is 0.321 e. The van der Waals surface area contributed by atoms with Gasteiger partial charge in [0.1, 0.15) is 0 Å². The number of nitrogens with zero attached hydrogens (tertiary/aromatic N) is 2. The van der Waals surface area contributed by atoms with Crippen molar-refractivity contribution in [3.05, 3.63) is 54.1 Å². The minimum Gasteiger partial charge on any atom is -0.373 e. The number of ether oxygens (including phenoxy) is 1. The average molecular weight is 459 g/mol. The van der Waals surface area contributed by atoms with E-state index in [1.165, 1.54) is 28.6 Å². The number of carbonyl (C=O) groups excluding carboxylic acids is 2. The number of carbonyl (C=O) groups is 2. The van der Waals surface area contributed by atoms with E-state index in [-0.39, 0.29) is 29.0 Å². The molecule has 0 aromatic heterocycles. The Bertz CT molecular complexity index is 1110. The van der Waals surface area contributed by atoms with Gasteiger partial charge in [-0.2, -0.15) is 4.31 Å². The zero-order valence-corrected chi connectivity index (χ0v) is 18.8. The van der Waals surface area contributed by atoms with E-state index in [2.05, 4.69) is 10.6 Å². The van der Waals surface area contributed by atoms with E-state index in [9.17, 15) is 18.0 Å². The summed E-state index contributed by atoms with van der Waals surface area (Å²) in [7, 11) is -3.67. The molecule has 0 saturated carbocycles. The van der Waals surface area contributed by atoms with Crippen molar-refractivity contribution in [3.63, 3.8) is 0 Å². The van der Waals surface area contributed by atoms with Gasteiger partial charge in [-0.1, -0.05) is 6.07 Å². The minimum atomic E-state index is -3.67. The lowest BCUT2D eigenvalue weighted by atomic mass is 10.2. The normalized spacial score (nSPS) is 21.9. The van der Waals surface area contributed by atoms with Gasteiger partial charge >= 0.3 is 6.03 Å². The van der Waals surface area contributed by atoms with E-state index >= 15 is 0 Å². The Balaban J connectivity index is 1.46. The average Bonchev–Trinajstić information content (AvgIpc) is 3.19. The summed E-state index contributed by atoms with van der Waals surface area (Å²) in [4.78, 5) is 26.3. The Hall–Kier alpha value is -2.95. The van der Waals surface area contributed by atoms with Crippen LogP contribution in [0.15, 0.2) is 53.4 Å². The first-order chi connectivity index (χ1) is 15.2. The number of morpholine rings is 1. The van der Waals surface area contributed by atoms with Crippen LogP contribution in [-0.4, -0.2) is 63.0 Å². The Kier molecular flexibility index (Phi) is 6.18. The Morgan fingerprint density at radius 2 is 1.78 bits per heavy atom. The van der Waals surface area contributed by atoms with E-state index in [0.717, 1.165) is 0 Å². The Morgan fingerprint density at radius 1 is 1.09 bits per heavy atom. The van der Waals surface area contributed by atoms with Crippen molar-refractivity contribution in [2.45, 2.75) is 31.0 Å². The summed E-state index contributed by atoms with van der Waals surface area (Å²) in [6.07, 6.45) is -0.359. The fourth-order valence-corrected chi connectivity index (χ4v) is 5.52. The van der Waals surface area contributed by atoms with Crippen LogP contribution in [-0.2, 0) is 14.8 Å². The van der Waals surface area contributed by atoms with E-state index in [1.54, 1.807) is 29.2 Å². The van der Waals surface area contributed by atoms with E-state index < -0.39 is 10.0 Å². The van der Waals surface area contributed by atoms with Crippen LogP contribution in [0.3, 0.4) is 0 Å². The fraction of sp³-hybridized carbons (Fsp3) is 0.364. The quantitative estimate of drug-likeness (QED) is 0.715. The first-order valence-electron chi connectivity index (χ1n) is 10.5. The maximum atomic E-state index is 13.0. The van der Waals surface area contributed by atoms with Gasteiger partial charge in [-0.15, -0.1) is 0 Å². The number of nitrogens with one attached hydrogen (secondary N) is 2. The fourth-order valence-electron chi connectivity index (χ4n) is 3.93. The van der Waals surface area contributed by atoms with Gasteiger partial charge < -0.3 is 15.4 Å². The molecule has 2 atom stereocenters. The highest BCUT2D eigenvalue weighted by atomic mass is 32.2. The molecule has 9 nitrogen and oxygen atoms in total. The lowest BCUT2D eigenvalue weighted by Crippen LogP contribution is -2.48. The van der Waals surface area contributed by atoms with Gasteiger partial charge in [-0.3, -0.25) is 9.69 Å². The van der Waals surface area contributed by atoms with Gasteiger partial charge in [0.25, 0.3) is 5.91 Å². The predicted molar refractivity (Wildman–Crippen MR) is 120 cm³/mol. The van der Waals surface area contributed by atoms with Gasteiger partial charge in [0.15, 0.2) is 0 Å².